The molecular formula is C20H28O3. The topological polar surface area (TPSA) is 43.4 Å². The Hall–Kier alpha value is -1.12. The average molecular weight is 316 g/mol. The van der Waals surface area contributed by atoms with Gasteiger partial charge in [-0.25, -0.2) is 0 Å². The van der Waals surface area contributed by atoms with Gasteiger partial charge in [0.15, 0.2) is 5.78 Å². The van der Waals surface area contributed by atoms with E-state index in [1.807, 2.05) is 6.08 Å². The fourth-order valence-corrected chi connectivity index (χ4v) is 6.53. The molecule has 0 saturated heterocycles. The summed E-state index contributed by atoms with van der Waals surface area (Å²) in [5.74, 6) is 3.10. The number of allylic oxidation sites excluding steroid dienone is 1. The Morgan fingerprint density at radius 1 is 1.13 bits per heavy atom. The maximum Gasteiger partial charge on any atom is 0.302 e. The van der Waals surface area contributed by atoms with Gasteiger partial charge in [0.05, 0.1) is 0 Å². The number of hydrogen-bond donors (Lipinski definition) is 0. The van der Waals surface area contributed by atoms with Gasteiger partial charge in [0.25, 0.3) is 0 Å². The molecule has 3 heteroatoms. The highest BCUT2D eigenvalue weighted by Crippen LogP contribution is 2.62. The Morgan fingerprint density at radius 3 is 2.74 bits per heavy atom. The molecule has 4 unspecified atom stereocenters. The van der Waals surface area contributed by atoms with E-state index in [4.69, 9.17) is 4.74 Å². The highest BCUT2D eigenvalue weighted by atomic mass is 16.5. The van der Waals surface area contributed by atoms with E-state index in [2.05, 4.69) is 6.92 Å². The maximum absolute atomic E-state index is 11.7. The van der Waals surface area contributed by atoms with Crippen LogP contribution < -0.4 is 0 Å². The van der Waals surface area contributed by atoms with Crippen LogP contribution in [0.15, 0.2) is 11.6 Å². The van der Waals surface area contributed by atoms with Gasteiger partial charge in [-0.1, -0.05) is 12.5 Å². The number of rotatable bonds is 1. The second-order valence-corrected chi connectivity index (χ2v) is 8.52. The van der Waals surface area contributed by atoms with Crippen molar-refractivity contribution in [2.24, 2.45) is 29.1 Å². The number of carbonyl (C=O) groups excluding carboxylic acids is 2. The van der Waals surface area contributed by atoms with Crippen molar-refractivity contribution in [2.45, 2.75) is 71.3 Å². The summed E-state index contributed by atoms with van der Waals surface area (Å²) in [5, 5.41) is 0. The van der Waals surface area contributed by atoms with Crippen LogP contribution >= 0.6 is 0 Å². The molecule has 0 radical (unpaired) electrons. The molecule has 3 saturated carbocycles. The van der Waals surface area contributed by atoms with Crippen molar-refractivity contribution >= 4 is 11.8 Å². The minimum atomic E-state index is -0.126. The maximum atomic E-state index is 11.7. The number of ketones is 1. The minimum absolute atomic E-state index is 0.121. The molecule has 0 amide bonds. The Bertz CT molecular complexity index is 563. The number of esters is 1. The second kappa shape index (κ2) is 5.46. The third kappa shape index (κ3) is 2.38. The molecule has 0 aromatic carbocycles. The van der Waals surface area contributed by atoms with E-state index < -0.39 is 0 Å². The summed E-state index contributed by atoms with van der Waals surface area (Å²) in [7, 11) is 0. The van der Waals surface area contributed by atoms with Crippen LogP contribution in [0.25, 0.3) is 0 Å². The molecule has 3 fully saturated rings. The lowest BCUT2D eigenvalue weighted by Gasteiger charge is -2.53. The summed E-state index contributed by atoms with van der Waals surface area (Å²) < 4.78 is 5.69. The fraction of sp³-hybridized carbons (Fsp3) is 0.800. The van der Waals surface area contributed by atoms with Crippen molar-refractivity contribution in [3.8, 4) is 0 Å². The van der Waals surface area contributed by atoms with E-state index in [9.17, 15) is 9.59 Å². The first kappa shape index (κ1) is 15.4. The van der Waals surface area contributed by atoms with Crippen molar-refractivity contribution in [1.82, 2.24) is 0 Å². The fourth-order valence-electron chi connectivity index (χ4n) is 6.53. The van der Waals surface area contributed by atoms with Crippen LogP contribution in [0.4, 0.5) is 0 Å². The second-order valence-electron chi connectivity index (χ2n) is 8.52. The number of ether oxygens (including phenoxy) is 1. The van der Waals surface area contributed by atoms with Crippen LogP contribution in [-0.4, -0.2) is 17.9 Å². The smallest absolute Gasteiger partial charge is 0.302 e. The van der Waals surface area contributed by atoms with E-state index in [-0.39, 0.29) is 17.5 Å². The summed E-state index contributed by atoms with van der Waals surface area (Å²) in [6.45, 7) is 3.91. The number of carbonyl (C=O) groups is 2. The van der Waals surface area contributed by atoms with Crippen molar-refractivity contribution in [3.63, 3.8) is 0 Å². The molecule has 4 rings (SSSR count). The molecule has 126 valence electrons. The highest BCUT2D eigenvalue weighted by Gasteiger charge is 2.57. The van der Waals surface area contributed by atoms with Crippen LogP contribution in [0.1, 0.15) is 65.2 Å². The summed E-state index contributed by atoms with van der Waals surface area (Å²) in [4.78, 5) is 23.2. The SMILES string of the molecule is CC(=O)O[C@H]1CCC2C3CCC4=CC(=O)CCC4C3CC[C@@]21C. The Kier molecular flexibility index (Phi) is 3.66. The third-order valence-corrected chi connectivity index (χ3v) is 7.52. The molecule has 0 aromatic heterocycles. The lowest BCUT2D eigenvalue weighted by Crippen LogP contribution is -2.48. The van der Waals surface area contributed by atoms with E-state index in [0.29, 0.717) is 17.6 Å². The van der Waals surface area contributed by atoms with Crippen LogP contribution in [-0.2, 0) is 14.3 Å². The van der Waals surface area contributed by atoms with Crippen LogP contribution in [0.3, 0.4) is 0 Å². The molecule has 23 heavy (non-hydrogen) atoms. The predicted octanol–water partition coefficient (Wildman–Crippen LogP) is 4.06. The zero-order chi connectivity index (χ0) is 16.2. The zero-order valence-electron chi connectivity index (χ0n) is 14.3. The zero-order valence-corrected chi connectivity index (χ0v) is 14.3. The predicted molar refractivity (Wildman–Crippen MR) is 87.6 cm³/mol. The molecule has 0 aliphatic heterocycles. The Morgan fingerprint density at radius 2 is 1.96 bits per heavy atom. The van der Waals surface area contributed by atoms with Crippen molar-refractivity contribution in [2.75, 3.05) is 0 Å². The van der Waals surface area contributed by atoms with E-state index in [0.717, 1.165) is 37.5 Å². The third-order valence-electron chi connectivity index (χ3n) is 7.52. The molecular weight excluding hydrogens is 288 g/mol. The van der Waals surface area contributed by atoms with Crippen LogP contribution in [0.2, 0.25) is 0 Å². The number of fused-ring (bicyclic) bond motifs is 5. The molecule has 6 atom stereocenters. The number of hydrogen-bond acceptors (Lipinski definition) is 3. The molecule has 0 spiro atoms. The van der Waals surface area contributed by atoms with Gasteiger partial charge in [-0.15, -0.1) is 0 Å². The quantitative estimate of drug-likeness (QED) is 0.685. The van der Waals surface area contributed by atoms with Crippen LogP contribution in [0.5, 0.6) is 0 Å². The first-order valence-corrected chi connectivity index (χ1v) is 9.39. The monoisotopic (exact) mass is 316 g/mol. The van der Waals surface area contributed by atoms with Crippen molar-refractivity contribution < 1.29 is 14.3 Å². The van der Waals surface area contributed by atoms with Gasteiger partial charge in [-0.3, -0.25) is 9.59 Å². The lowest BCUT2D eigenvalue weighted by atomic mass is 9.52. The molecule has 4 aliphatic rings. The normalized spacial score (nSPS) is 45.6. The molecule has 4 aliphatic carbocycles. The molecule has 0 aromatic rings. The van der Waals surface area contributed by atoms with Gasteiger partial charge in [-0.2, -0.15) is 0 Å². The van der Waals surface area contributed by atoms with Gasteiger partial charge in [0.1, 0.15) is 6.10 Å². The lowest BCUT2D eigenvalue weighted by molar-refractivity contribution is -0.156. The molecule has 3 nitrogen and oxygen atoms in total. The minimum Gasteiger partial charge on any atom is -0.462 e. The van der Waals surface area contributed by atoms with Gasteiger partial charge in [-0.05, 0) is 74.7 Å². The van der Waals surface area contributed by atoms with Gasteiger partial charge >= 0.3 is 5.97 Å². The first-order valence-electron chi connectivity index (χ1n) is 9.39. The average Bonchev–Trinajstić information content (AvgIpc) is 2.83. The Balaban J connectivity index is 1.57. The first-order chi connectivity index (χ1) is 11.0. The largest absolute Gasteiger partial charge is 0.462 e. The summed E-state index contributed by atoms with van der Waals surface area (Å²) in [6, 6.07) is 0. The summed E-state index contributed by atoms with van der Waals surface area (Å²) in [5.41, 5.74) is 1.62. The summed E-state index contributed by atoms with van der Waals surface area (Å²) in [6.07, 6.45) is 10.9. The highest BCUT2D eigenvalue weighted by molar-refractivity contribution is 5.91. The summed E-state index contributed by atoms with van der Waals surface area (Å²) >= 11 is 0. The molecule has 0 heterocycles. The van der Waals surface area contributed by atoms with Crippen molar-refractivity contribution in [3.05, 3.63) is 11.6 Å². The van der Waals surface area contributed by atoms with Crippen LogP contribution in [0, 0.1) is 29.1 Å². The molecule has 0 bridgehead atoms. The van der Waals surface area contributed by atoms with E-state index >= 15 is 0 Å². The van der Waals surface area contributed by atoms with E-state index in [1.54, 1.807) is 6.92 Å². The Labute approximate surface area is 138 Å². The van der Waals surface area contributed by atoms with Gasteiger partial charge in [0.2, 0.25) is 0 Å². The van der Waals surface area contributed by atoms with Gasteiger partial charge in [0, 0.05) is 18.8 Å². The standard InChI is InChI=1S/C20H28O3/c1-12(21)23-19-8-7-18-17-5-3-13-11-14(22)4-6-15(13)16(17)9-10-20(18,19)2/h11,15-19H,3-10H2,1-2H3/t15?,16?,17?,18?,19-,20-/m0/s1. The van der Waals surface area contributed by atoms with Gasteiger partial charge < -0.3 is 4.74 Å². The van der Waals surface area contributed by atoms with E-state index in [1.165, 1.54) is 31.3 Å². The van der Waals surface area contributed by atoms with Crippen molar-refractivity contribution in [1.29, 1.82) is 0 Å². The molecule has 0 N–H and O–H groups in total.